The predicted molar refractivity (Wildman–Crippen MR) is 63.5 cm³/mol. The van der Waals surface area contributed by atoms with E-state index in [0.29, 0.717) is 23.7 Å². The molecule has 0 aliphatic heterocycles. The molecule has 5 nitrogen and oxygen atoms in total. The van der Waals surface area contributed by atoms with Crippen LogP contribution in [0.3, 0.4) is 0 Å². The van der Waals surface area contributed by atoms with Gasteiger partial charge in [-0.2, -0.15) is 4.98 Å². The molecule has 0 aliphatic rings. The van der Waals surface area contributed by atoms with Crippen LogP contribution in [0.1, 0.15) is 25.3 Å². The number of benzene rings is 1. The minimum absolute atomic E-state index is 0.138. The van der Waals surface area contributed by atoms with Gasteiger partial charge in [-0.1, -0.05) is 12.1 Å². The third-order valence-corrected chi connectivity index (χ3v) is 2.61. The molecule has 0 bridgehead atoms. The average molecular weight is 251 g/mol. The first-order valence-corrected chi connectivity index (χ1v) is 5.58. The van der Waals surface area contributed by atoms with E-state index in [2.05, 4.69) is 10.1 Å². The van der Waals surface area contributed by atoms with E-state index in [4.69, 9.17) is 15.0 Å². The second kappa shape index (κ2) is 5.14. The minimum atomic E-state index is -0.435. The Balaban J connectivity index is 2.34. The smallest absolute Gasteiger partial charge is 0.243 e. The molecule has 6 heteroatoms. The molecule has 96 valence electrons. The van der Waals surface area contributed by atoms with Gasteiger partial charge in [-0.3, -0.25) is 0 Å². The molecule has 1 aromatic carbocycles. The van der Waals surface area contributed by atoms with Crippen LogP contribution in [-0.2, 0) is 0 Å². The summed E-state index contributed by atoms with van der Waals surface area (Å²) in [7, 11) is 1.40. The van der Waals surface area contributed by atoms with Gasteiger partial charge in [0.1, 0.15) is 0 Å². The van der Waals surface area contributed by atoms with E-state index in [9.17, 15) is 4.39 Å². The van der Waals surface area contributed by atoms with Crippen LogP contribution in [0.25, 0.3) is 11.4 Å². The van der Waals surface area contributed by atoms with Crippen molar-refractivity contribution in [3.8, 4) is 17.1 Å². The number of rotatable bonds is 4. The summed E-state index contributed by atoms with van der Waals surface area (Å²) in [5.41, 5.74) is 6.40. The Hall–Kier alpha value is -1.95. The lowest BCUT2D eigenvalue weighted by molar-refractivity contribution is 0.352. The van der Waals surface area contributed by atoms with Gasteiger partial charge in [0, 0.05) is 5.56 Å². The Morgan fingerprint density at radius 1 is 1.50 bits per heavy atom. The van der Waals surface area contributed by atoms with E-state index in [1.54, 1.807) is 6.07 Å². The van der Waals surface area contributed by atoms with E-state index in [1.807, 2.05) is 6.92 Å². The molecule has 0 saturated heterocycles. The van der Waals surface area contributed by atoms with Crippen molar-refractivity contribution in [1.82, 2.24) is 10.1 Å². The molecule has 0 aliphatic carbocycles. The van der Waals surface area contributed by atoms with Gasteiger partial charge >= 0.3 is 0 Å². The van der Waals surface area contributed by atoms with Crippen LogP contribution in [-0.4, -0.2) is 17.3 Å². The molecule has 0 fully saturated rings. The molecule has 0 radical (unpaired) electrons. The maximum Gasteiger partial charge on any atom is 0.243 e. The Labute approximate surface area is 104 Å². The molecule has 1 aromatic heterocycles. The summed E-state index contributed by atoms with van der Waals surface area (Å²) in [5.74, 6) is 0.442. The quantitative estimate of drug-likeness (QED) is 0.902. The first kappa shape index (κ1) is 12.5. The largest absolute Gasteiger partial charge is 0.494 e. The summed E-state index contributed by atoms with van der Waals surface area (Å²) in [6.07, 6.45) is 0.703. The number of halogens is 1. The molecule has 0 spiro atoms. The maximum absolute atomic E-state index is 13.3. The first-order valence-electron chi connectivity index (χ1n) is 5.58. The van der Waals surface area contributed by atoms with E-state index in [0.717, 1.165) is 0 Å². The third kappa shape index (κ3) is 2.33. The molecule has 0 saturated carbocycles. The van der Waals surface area contributed by atoms with Gasteiger partial charge in [-0.25, -0.2) is 4.39 Å². The molecule has 2 rings (SSSR count). The average Bonchev–Trinajstić information content (AvgIpc) is 2.88. The topological polar surface area (TPSA) is 74.2 Å². The maximum atomic E-state index is 13.3. The summed E-state index contributed by atoms with van der Waals surface area (Å²) in [4.78, 5) is 4.18. The molecule has 1 atom stereocenters. The number of hydrogen-bond donors (Lipinski definition) is 1. The lowest BCUT2D eigenvalue weighted by Crippen LogP contribution is -2.08. The van der Waals surface area contributed by atoms with Crippen molar-refractivity contribution in [3.63, 3.8) is 0 Å². The van der Waals surface area contributed by atoms with Crippen LogP contribution >= 0.6 is 0 Å². The van der Waals surface area contributed by atoms with Gasteiger partial charge in [0.25, 0.3) is 0 Å². The fraction of sp³-hybridized carbons (Fsp3) is 0.333. The normalized spacial score (nSPS) is 12.4. The van der Waals surface area contributed by atoms with Crippen LogP contribution in [0.5, 0.6) is 5.75 Å². The second-order valence-corrected chi connectivity index (χ2v) is 3.82. The number of ether oxygens (including phenoxy) is 1. The van der Waals surface area contributed by atoms with Gasteiger partial charge in [0.05, 0.1) is 13.2 Å². The Kier molecular flexibility index (Phi) is 3.57. The van der Waals surface area contributed by atoms with E-state index in [-0.39, 0.29) is 11.8 Å². The highest BCUT2D eigenvalue weighted by Gasteiger charge is 2.15. The van der Waals surface area contributed by atoms with Crippen LogP contribution in [0.15, 0.2) is 22.7 Å². The zero-order chi connectivity index (χ0) is 13.1. The molecular formula is C12H14FN3O2. The SMILES string of the molecule is CC[C@@H](N)c1nc(-c2ccc(F)c(OC)c2)no1. The summed E-state index contributed by atoms with van der Waals surface area (Å²) in [5, 5.41) is 3.82. The lowest BCUT2D eigenvalue weighted by Gasteiger charge is -2.02. The monoisotopic (exact) mass is 251 g/mol. The van der Waals surface area contributed by atoms with Crippen LogP contribution in [0.4, 0.5) is 4.39 Å². The van der Waals surface area contributed by atoms with Crippen molar-refractivity contribution in [3.05, 3.63) is 29.9 Å². The predicted octanol–water partition coefficient (Wildman–Crippen LogP) is 2.29. The van der Waals surface area contributed by atoms with Crippen molar-refractivity contribution in [1.29, 1.82) is 0 Å². The first-order chi connectivity index (χ1) is 8.65. The molecule has 0 amide bonds. The van der Waals surface area contributed by atoms with Crippen molar-refractivity contribution in [2.24, 2.45) is 5.73 Å². The number of nitrogens with two attached hydrogens (primary N) is 1. The molecule has 2 N–H and O–H groups in total. The van der Waals surface area contributed by atoms with Gasteiger partial charge in [0.2, 0.25) is 11.7 Å². The second-order valence-electron chi connectivity index (χ2n) is 3.82. The molecule has 2 aromatic rings. The van der Waals surface area contributed by atoms with Gasteiger partial charge in [0.15, 0.2) is 11.6 Å². The van der Waals surface area contributed by atoms with Crippen molar-refractivity contribution in [2.45, 2.75) is 19.4 Å². The number of nitrogens with zero attached hydrogens (tertiary/aromatic N) is 2. The van der Waals surface area contributed by atoms with E-state index >= 15 is 0 Å². The summed E-state index contributed by atoms with van der Waals surface area (Å²) in [6.45, 7) is 1.93. The molecule has 1 heterocycles. The van der Waals surface area contributed by atoms with Crippen LogP contribution in [0, 0.1) is 5.82 Å². The molecule has 18 heavy (non-hydrogen) atoms. The minimum Gasteiger partial charge on any atom is -0.494 e. The summed E-state index contributed by atoms with van der Waals surface area (Å²) >= 11 is 0. The number of aromatic nitrogens is 2. The van der Waals surface area contributed by atoms with Gasteiger partial charge in [-0.05, 0) is 24.6 Å². The highest BCUT2D eigenvalue weighted by atomic mass is 19.1. The Bertz CT molecular complexity index is 542. The Morgan fingerprint density at radius 2 is 2.28 bits per heavy atom. The highest BCUT2D eigenvalue weighted by Crippen LogP contribution is 2.25. The zero-order valence-electron chi connectivity index (χ0n) is 10.2. The Morgan fingerprint density at radius 3 is 2.94 bits per heavy atom. The molecule has 0 unspecified atom stereocenters. The van der Waals surface area contributed by atoms with Crippen molar-refractivity contribution < 1.29 is 13.7 Å². The van der Waals surface area contributed by atoms with Gasteiger partial charge in [-0.15, -0.1) is 0 Å². The van der Waals surface area contributed by atoms with E-state index < -0.39 is 5.82 Å². The number of hydrogen-bond acceptors (Lipinski definition) is 5. The zero-order valence-corrected chi connectivity index (χ0v) is 10.2. The summed E-state index contributed by atoms with van der Waals surface area (Å²) < 4.78 is 23.2. The summed E-state index contributed by atoms with van der Waals surface area (Å²) in [6, 6.07) is 4.09. The van der Waals surface area contributed by atoms with Gasteiger partial charge < -0.3 is 15.0 Å². The van der Waals surface area contributed by atoms with Crippen LogP contribution in [0.2, 0.25) is 0 Å². The number of methoxy groups -OCH3 is 1. The van der Waals surface area contributed by atoms with Crippen molar-refractivity contribution in [2.75, 3.05) is 7.11 Å². The molecular weight excluding hydrogens is 237 g/mol. The fourth-order valence-corrected chi connectivity index (χ4v) is 1.48. The van der Waals surface area contributed by atoms with E-state index in [1.165, 1.54) is 19.2 Å². The fourth-order valence-electron chi connectivity index (χ4n) is 1.48. The highest BCUT2D eigenvalue weighted by molar-refractivity contribution is 5.57. The van der Waals surface area contributed by atoms with Crippen LogP contribution < -0.4 is 10.5 Å². The van der Waals surface area contributed by atoms with Crippen molar-refractivity contribution >= 4 is 0 Å². The lowest BCUT2D eigenvalue weighted by atomic mass is 10.2. The standard InChI is InChI=1S/C12H14FN3O2/c1-3-9(14)12-15-11(16-18-12)7-4-5-8(13)10(6-7)17-2/h4-6,9H,3,14H2,1-2H3/t9-/m1/s1. The third-order valence-electron chi connectivity index (χ3n) is 2.61.